The predicted molar refractivity (Wildman–Crippen MR) is 36.8 cm³/mol. The summed E-state index contributed by atoms with van der Waals surface area (Å²) in [5, 5.41) is 0. The van der Waals surface area contributed by atoms with Crippen molar-refractivity contribution in [2.75, 3.05) is 0 Å². The van der Waals surface area contributed by atoms with Gasteiger partial charge in [-0.05, 0) is 26.0 Å². The first-order chi connectivity index (χ1) is 4.77. The second-order valence-electron chi connectivity index (χ2n) is 1.76. The van der Waals surface area contributed by atoms with Crippen LogP contribution in [0.4, 0.5) is 0 Å². The van der Waals surface area contributed by atoms with Gasteiger partial charge in [-0.25, -0.2) is 4.79 Å². The summed E-state index contributed by atoms with van der Waals surface area (Å²) >= 11 is 0. The van der Waals surface area contributed by atoms with Crippen molar-refractivity contribution in [3.63, 3.8) is 0 Å². The van der Waals surface area contributed by atoms with Gasteiger partial charge in [-0.15, -0.1) is 0 Å². The molecule has 0 aromatic carbocycles. The Morgan fingerprint density at radius 1 is 1.10 bits per heavy atom. The minimum absolute atomic E-state index is 0.493. The van der Waals surface area contributed by atoms with E-state index < -0.39 is 5.82 Å². The molecule has 0 aliphatic heterocycles. The van der Waals surface area contributed by atoms with Crippen molar-refractivity contribution in [3.8, 4) is 0 Å². The fourth-order valence-electron chi connectivity index (χ4n) is 0.703. The summed E-state index contributed by atoms with van der Waals surface area (Å²) in [7, 11) is 0. The van der Waals surface area contributed by atoms with Crippen molar-refractivity contribution in [2.45, 2.75) is 13.8 Å². The van der Waals surface area contributed by atoms with Gasteiger partial charge in [-0.1, -0.05) is 0 Å². The summed E-state index contributed by atoms with van der Waals surface area (Å²) in [5.74, 6) is -0.652. The molecule has 0 spiro atoms. The topological polar surface area (TPSA) is 43.4 Å². The molecule has 1 aromatic heterocycles. The van der Waals surface area contributed by atoms with Gasteiger partial charge >= 0.3 is 5.82 Å². The van der Waals surface area contributed by atoms with Crippen LogP contribution in [0, 0.1) is 0 Å². The third-order valence-electron chi connectivity index (χ3n) is 1.15. The monoisotopic (exact) mass is 140 g/mol. The van der Waals surface area contributed by atoms with Crippen LogP contribution >= 0.6 is 0 Å². The van der Waals surface area contributed by atoms with Crippen LogP contribution < -0.4 is 16.7 Å². The summed E-state index contributed by atoms with van der Waals surface area (Å²) in [5.41, 5.74) is 0.986. The molecule has 1 heterocycles. The number of hydrogen-bond donors (Lipinski definition) is 0. The van der Waals surface area contributed by atoms with Gasteiger partial charge in [-0.3, -0.25) is 0 Å². The molecule has 0 amide bonds. The molecule has 3 heteroatoms. The van der Waals surface area contributed by atoms with Crippen LogP contribution in [0.5, 0.6) is 0 Å². The van der Waals surface area contributed by atoms with E-state index in [1.165, 1.54) is 0 Å². The largest absolute Gasteiger partial charge is 0.519 e. The quantitative estimate of drug-likeness (QED) is 0.502. The maximum absolute atomic E-state index is 10.5. The van der Waals surface area contributed by atoms with Crippen molar-refractivity contribution in [3.05, 3.63) is 21.4 Å². The van der Waals surface area contributed by atoms with Gasteiger partial charge < -0.3 is 8.83 Å². The Balaban J connectivity index is 3.69. The van der Waals surface area contributed by atoms with Crippen molar-refractivity contribution >= 4 is 12.2 Å². The maximum atomic E-state index is 10.5. The van der Waals surface area contributed by atoms with Crippen molar-refractivity contribution in [1.29, 1.82) is 0 Å². The Kier molecular flexibility index (Phi) is 1.76. The van der Waals surface area contributed by atoms with Crippen molar-refractivity contribution in [2.24, 2.45) is 0 Å². The smallest absolute Gasteiger partial charge is 0.391 e. The summed E-state index contributed by atoms with van der Waals surface area (Å²) in [4.78, 5) is 10.5. The van der Waals surface area contributed by atoms with Gasteiger partial charge in [0.05, 0.1) is 0 Å². The number of hydrogen-bond acceptors (Lipinski definition) is 3. The number of rotatable bonds is 0. The zero-order valence-corrected chi connectivity index (χ0v) is 5.88. The molecule has 0 unspecified atom stereocenters. The van der Waals surface area contributed by atoms with E-state index in [0.717, 1.165) is 0 Å². The molecule has 10 heavy (non-hydrogen) atoms. The molecule has 0 aliphatic carbocycles. The zero-order chi connectivity index (χ0) is 7.56. The lowest BCUT2D eigenvalue weighted by atomic mass is 10.5. The first-order valence-corrected chi connectivity index (χ1v) is 3.00. The zero-order valence-electron chi connectivity index (χ0n) is 5.88. The highest BCUT2D eigenvalue weighted by Crippen LogP contribution is 1.61. The molecule has 0 radical (unpaired) electrons. The highest BCUT2D eigenvalue weighted by atomic mass is 16.6. The molecule has 0 N–H and O–H groups in total. The average Bonchev–Trinajstić information content (AvgIpc) is 2.30. The Morgan fingerprint density at radius 3 is 1.80 bits per heavy atom. The molecule has 0 aliphatic rings. The van der Waals surface area contributed by atoms with Crippen LogP contribution in [-0.4, -0.2) is 0 Å². The van der Waals surface area contributed by atoms with Crippen LogP contribution in [-0.2, 0) is 0 Å². The molecule has 0 saturated carbocycles. The standard InChI is InChI=1S/C7H8O3/c1-3-5-6(4-2)10-7(8)9-5/h3-4H,1-2H3. The molecule has 0 fully saturated rings. The molecule has 54 valence electrons. The highest BCUT2D eigenvalue weighted by molar-refractivity contribution is 5.17. The van der Waals surface area contributed by atoms with Gasteiger partial charge in [0.1, 0.15) is 0 Å². The lowest BCUT2D eigenvalue weighted by Crippen LogP contribution is -2.17. The molecular formula is C7H8O3. The molecule has 0 atom stereocenters. The lowest BCUT2D eigenvalue weighted by molar-refractivity contribution is 0.371. The Hall–Kier alpha value is -1.25. The van der Waals surface area contributed by atoms with Crippen LogP contribution in [0.25, 0.3) is 12.2 Å². The highest BCUT2D eigenvalue weighted by Gasteiger charge is 1.92. The average molecular weight is 140 g/mol. The minimum atomic E-state index is -0.652. The third kappa shape index (κ3) is 1.03. The van der Waals surface area contributed by atoms with Gasteiger partial charge in [0.2, 0.25) is 0 Å². The molecular weight excluding hydrogens is 132 g/mol. The van der Waals surface area contributed by atoms with E-state index in [2.05, 4.69) is 8.83 Å². The van der Waals surface area contributed by atoms with Crippen LogP contribution in [0.2, 0.25) is 0 Å². The molecule has 1 rings (SSSR count). The third-order valence-corrected chi connectivity index (χ3v) is 1.15. The SMILES string of the molecule is CC=c1oc(=O)oc1=CC. The second kappa shape index (κ2) is 2.56. The molecule has 1 aromatic rings. The van der Waals surface area contributed by atoms with E-state index in [9.17, 15) is 4.79 Å². The van der Waals surface area contributed by atoms with Crippen LogP contribution in [0.15, 0.2) is 13.6 Å². The Morgan fingerprint density at radius 2 is 1.50 bits per heavy atom. The van der Waals surface area contributed by atoms with E-state index in [1.54, 1.807) is 26.0 Å². The maximum Gasteiger partial charge on any atom is 0.519 e. The fourth-order valence-corrected chi connectivity index (χ4v) is 0.703. The van der Waals surface area contributed by atoms with Gasteiger partial charge in [0, 0.05) is 0 Å². The molecule has 3 nitrogen and oxygen atoms in total. The van der Waals surface area contributed by atoms with Crippen LogP contribution in [0.1, 0.15) is 13.8 Å². The van der Waals surface area contributed by atoms with E-state index in [-0.39, 0.29) is 0 Å². The normalized spacial score (nSPS) is 14.6. The Labute approximate surface area is 57.3 Å². The van der Waals surface area contributed by atoms with E-state index in [0.29, 0.717) is 10.8 Å². The van der Waals surface area contributed by atoms with E-state index in [4.69, 9.17) is 0 Å². The predicted octanol–water partition coefficient (Wildman–Crippen LogP) is -0.166. The van der Waals surface area contributed by atoms with Crippen molar-refractivity contribution < 1.29 is 8.83 Å². The first kappa shape index (κ1) is 6.86. The summed E-state index contributed by atoms with van der Waals surface area (Å²) in [6.07, 6.45) is 3.36. The fraction of sp³-hybridized carbons (Fsp3) is 0.286. The summed E-state index contributed by atoms with van der Waals surface area (Å²) in [6.45, 7) is 3.56. The Bertz CT molecular complexity index is 332. The summed E-state index contributed by atoms with van der Waals surface area (Å²) in [6, 6.07) is 0. The first-order valence-electron chi connectivity index (χ1n) is 3.00. The lowest BCUT2D eigenvalue weighted by Gasteiger charge is -1.66. The second-order valence-corrected chi connectivity index (χ2v) is 1.76. The van der Waals surface area contributed by atoms with E-state index >= 15 is 0 Å². The molecule has 0 bridgehead atoms. The van der Waals surface area contributed by atoms with E-state index in [1.807, 2.05) is 0 Å². The van der Waals surface area contributed by atoms with Gasteiger partial charge in [0.25, 0.3) is 0 Å². The van der Waals surface area contributed by atoms with Gasteiger partial charge in [-0.2, -0.15) is 0 Å². The summed E-state index contributed by atoms with van der Waals surface area (Å²) < 4.78 is 9.29. The minimum Gasteiger partial charge on any atom is -0.391 e. The van der Waals surface area contributed by atoms with Crippen molar-refractivity contribution in [1.82, 2.24) is 0 Å². The molecule has 0 saturated heterocycles. The van der Waals surface area contributed by atoms with Gasteiger partial charge in [0.15, 0.2) is 10.8 Å². The van der Waals surface area contributed by atoms with Crippen LogP contribution in [0.3, 0.4) is 0 Å².